The molecule has 2 nitrogen and oxygen atoms in total. The monoisotopic (exact) mass is 233 g/mol. The average Bonchev–Trinajstić information content (AvgIpc) is 2.85. The maximum absolute atomic E-state index is 11.5. The van der Waals surface area contributed by atoms with Crippen molar-refractivity contribution in [2.45, 2.75) is 29.4 Å². The minimum atomic E-state index is 0.256. The molecular weight excluding hydrogens is 218 g/mol. The molecule has 16 heavy (non-hydrogen) atoms. The van der Waals surface area contributed by atoms with Crippen molar-refractivity contribution in [3.05, 3.63) is 29.8 Å². The normalized spacial score (nSPS) is 27.9. The van der Waals surface area contributed by atoms with Crippen LogP contribution in [0.1, 0.15) is 18.4 Å². The number of hydrogen-bond acceptors (Lipinski definition) is 2. The zero-order valence-electron chi connectivity index (χ0n) is 9.11. The molecule has 2 heterocycles. The second-order valence-electron chi connectivity index (χ2n) is 4.56. The molecule has 2 unspecified atom stereocenters. The molecule has 1 N–H and O–H groups in total. The maximum atomic E-state index is 11.5. The van der Waals surface area contributed by atoms with E-state index < -0.39 is 0 Å². The Kier molecular flexibility index (Phi) is 2.64. The van der Waals surface area contributed by atoms with E-state index in [-0.39, 0.29) is 11.8 Å². The van der Waals surface area contributed by atoms with Crippen LogP contribution in [0.25, 0.3) is 0 Å². The van der Waals surface area contributed by atoms with Crippen LogP contribution in [-0.4, -0.2) is 17.7 Å². The van der Waals surface area contributed by atoms with Crippen LogP contribution in [0.3, 0.4) is 0 Å². The van der Waals surface area contributed by atoms with Crippen LogP contribution in [0, 0.1) is 5.92 Å². The minimum absolute atomic E-state index is 0.256. The fourth-order valence-corrected chi connectivity index (χ4v) is 3.98. The molecule has 2 atom stereocenters. The van der Waals surface area contributed by atoms with Gasteiger partial charge in [-0.05, 0) is 30.9 Å². The zero-order valence-corrected chi connectivity index (χ0v) is 9.93. The highest BCUT2D eigenvalue weighted by Gasteiger charge is 2.30. The Balaban J connectivity index is 1.66. The third-order valence-electron chi connectivity index (χ3n) is 3.42. The van der Waals surface area contributed by atoms with E-state index in [1.165, 1.54) is 10.5 Å². The molecule has 1 aromatic carbocycles. The van der Waals surface area contributed by atoms with Crippen LogP contribution in [0.4, 0.5) is 0 Å². The van der Waals surface area contributed by atoms with E-state index >= 15 is 0 Å². The van der Waals surface area contributed by atoms with Gasteiger partial charge in [0.05, 0.1) is 0 Å². The first kappa shape index (κ1) is 10.2. The van der Waals surface area contributed by atoms with Crippen molar-refractivity contribution in [2.75, 3.05) is 6.54 Å². The topological polar surface area (TPSA) is 29.1 Å². The van der Waals surface area contributed by atoms with Crippen molar-refractivity contribution in [1.82, 2.24) is 5.32 Å². The molecule has 3 heteroatoms. The molecule has 0 aromatic heterocycles. The van der Waals surface area contributed by atoms with Crippen LogP contribution >= 0.6 is 11.8 Å². The van der Waals surface area contributed by atoms with E-state index in [1.54, 1.807) is 0 Å². The molecule has 0 saturated carbocycles. The summed E-state index contributed by atoms with van der Waals surface area (Å²) in [5.41, 5.74) is 1.45. The van der Waals surface area contributed by atoms with Gasteiger partial charge in [0.2, 0.25) is 5.91 Å². The number of fused-ring (bicyclic) bond motifs is 1. The summed E-state index contributed by atoms with van der Waals surface area (Å²) in [6, 6.07) is 8.59. The summed E-state index contributed by atoms with van der Waals surface area (Å²) < 4.78 is 0. The first-order chi connectivity index (χ1) is 7.83. The van der Waals surface area contributed by atoms with Gasteiger partial charge in [-0.2, -0.15) is 0 Å². The van der Waals surface area contributed by atoms with Gasteiger partial charge in [0.1, 0.15) is 0 Å². The molecule has 0 aliphatic carbocycles. The molecule has 1 saturated heterocycles. The van der Waals surface area contributed by atoms with Gasteiger partial charge in [-0.15, -0.1) is 11.8 Å². The smallest absolute Gasteiger partial charge is 0.223 e. The van der Waals surface area contributed by atoms with Crippen molar-refractivity contribution in [2.24, 2.45) is 5.92 Å². The van der Waals surface area contributed by atoms with Gasteiger partial charge in [0.15, 0.2) is 0 Å². The highest BCUT2D eigenvalue weighted by atomic mass is 32.2. The molecule has 2 aliphatic rings. The number of carbonyl (C=O) groups is 1. The summed E-state index contributed by atoms with van der Waals surface area (Å²) in [6.07, 6.45) is 3.18. The second kappa shape index (κ2) is 4.13. The molecule has 0 spiro atoms. The number of nitrogens with one attached hydrogen (secondary N) is 1. The quantitative estimate of drug-likeness (QED) is 0.848. The molecule has 84 valence electrons. The molecule has 2 aliphatic heterocycles. The number of carbonyl (C=O) groups excluding carboxylic acids is 1. The number of benzene rings is 1. The van der Waals surface area contributed by atoms with Crippen molar-refractivity contribution in [1.29, 1.82) is 0 Å². The summed E-state index contributed by atoms with van der Waals surface area (Å²) >= 11 is 1.95. The summed E-state index contributed by atoms with van der Waals surface area (Å²) in [4.78, 5) is 12.9. The Morgan fingerprint density at radius 2 is 2.25 bits per heavy atom. The number of amides is 1. The number of thioether (sulfide) groups is 1. The zero-order chi connectivity index (χ0) is 11.0. The lowest BCUT2D eigenvalue weighted by Crippen LogP contribution is -2.21. The van der Waals surface area contributed by atoms with E-state index in [1.807, 2.05) is 11.8 Å². The minimum Gasteiger partial charge on any atom is -0.356 e. The van der Waals surface area contributed by atoms with Gasteiger partial charge in [0.25, 0.3) is 0 Å². The van der Waals surface area contributed by atoms with E-state index in [0.29, 0.717) is 5.25 Å². The van der Waals surface area contributed by atoms with Crippen LogP contribution in [-0.2, 0) is 11.2 Å². The van der Waals surface area contributed by atoms with Gasteiger partial charge in [0, 0.05) is 22.6 Å². The van der Waals surface area contributed by atoms with Crippen LogP contribution in [0.2, 0.25) is 0 Å². The lowest BCUT2D eigenvalue weighted by atomic mass is 9.98. The fourth-order valence-electron chi connectivity index (χ4n) is 2.57. The predicted molar refractivity (Wildman–Crippen MR) is 65.5 cm³/mol. The molecule has 1 fully saturated rings. The third-order valence-corrected chi connectivity index (χ3v) is 4.77. The fraction of sp³-hybridized carbons (Fsp3) is 0.462. The van der Waals surface area contributed by atoms with E-state index in [9.17, 15) is 4.79 Å². The maximum Gasteiger partial charge on any atom is 0.223 e. The van der Waals surface area contributed by atoms with E-state index in [0.717, 1.165) is 25.8 Å². The summed E-state index contributed by atoms with van der Waals surface area (Å²) in [6.45, 7) is 0.869. The molecular formula is C13H15NOS. The van der Waals surface area contributed by atoms with Crippen LogP contribution in [0.5, 0.6) is 0 Å². The second-order valence-corrected chi connectivity index (χ2v) is 5.91. The standard InChI is InChI=1S/C13H15NOS/c15-13-10(5-6-14-13)8-11-7-9-3-1-2-4-12(9)16-11/h1-4,10-11H,5-8H2,(H,14,15). The first-order valence-electron chi connectivity index (χ1n) is 5.85. The van der Waals surface area contributed by atoms with Crippen molar-refractivity contribution < 1.29 is 4.79 Å². The average molecular weight is 233 g/mol. The third kappa shape index (κ3) is 1.84. The number of hydrogen-bond donors (Lipinski definition) is 1. The van der Waals surface area contributed by atoms with Gasteiger partial charge >= 0.3 is 0 Å². The number of rotatable bonds is 2. The Labute approximate surface area is 99.8 Å². The summed E-state index contributed by atoms with van der Waals surface area (Å²) in [5, 5.41) is 3.52. The summed E-state index contributed by atoms with van der Waals surface area (Å²) in [5.74, 6) is 0.517. The van der Waals surface area contributed by atoms with E-state index in [4.69, 9.17) is 0 Å². The van der Waals surface area contributed by atoms with Gasteiger partial charge in [-0.25, -0.2) is 0 Å². The Hall–Kier alpha value is -0.960. The van der Waals surface area contributed by atoms with Gasteiger partial charge in [-0.1, -0.05) is 18.2 Å². The molecule has 3 rings (SSSR count). The Morgan fingerprint density at radius 1 is 1.38 bits per heavy atom. The Bertz CT molecular complexity index is 393. The molecule has 1 amide bonds. The predicted octanol–water partition coefficient (Wildman–Crippen LogP) is 2.23. The van der Waals surface area contributed by atoms with Gasteiger partial charge < -0.3 is 5.32 Å². The molecule has 0 bridgehead atoms. The molecule has 0 radical (unpaired) electrons. The van der Waals surface area contributed by atoms with Crippen LogP contribution < -0.4 is 5.32 Å². The van der Waals surface area contributed by atoms with Crippen molar-refractivity contribution in [3.63, 3.8) is 0 Å². The SMILES string of the molecule is O=C1NCCC1CC1Cc2ccccc2S1. The van der Waals surface area contributed by atoms with Crippen molar-refractivity contribution >= 4 is 17.7 Å². The lowest BCUT2D eigenvalue weighted by Gasteiger charge is -2.11. The van der Waals surface area contributed by atoms with Crippen molar-refractivity contribution in [3.8, 4) is 0 Å². The molecule has 1 aromatic rings. The highest BCUT2D eigenvalue weighted by Crippen LogP contribution is 2.40. The van der Waals surface area contributed by atoms with Gasteiger partial charge in [-0.3, -0.25) is 4.79 Å². The largest absolute Gasteiger partial charge is 0.356 e. The van der Waals surface area contributed by atoms with E-state index in [2.05, 4.69) is 29.6 Å². The van der Waals surface area contributed by atoms with Crippen LogP contribution in [0.15, 0.2) is 29.2 Å². The lowest BCUT2D eigenvalue weighted by molar-refractivity contribution is -0.122. The highest BCUT2D eigenvalue weighted by molar-refractivity contribution is 8.00. The summed E-state index contributed by atoms with van der Waals surface area (Å²) in [7, 11) is 0. The first-order valence-corrected chi connectivity index (χ1v) is 6.73. The Morgan fingerprint density at radius 3 is 3.00 bits per heavy atom.